The van der Waals surface area contributed by atoms with E-state index in [4.69, 9.17) is 5.26 Å². The molecule has 1 rings (SSSR count). The van der Waals surface area contributed by atoms with Crippen LogP contribution in [0.4, 0.5) is 0 Å². The lowest BCUT2D eigenvalue weighted by Gasteiger charge is -2.34. The zero-order valence-electron chi connectivity index (χ0n) is 10.9. The summed E-state index contributed by atoms with van der Waals surface area (Å²) in [5, 5.41) is 12.4. The molecule has 92 valence electrons. The molecule has 0 spiro atoms. The lowest BCUT2D eigenvalue weighted by molar-refractivity contribution is 0.153. The molecule has 0 aromatic carbocycles. The lowest BCUT2D eigenvalue weighted by atomic mass is 9.97. The quantitative estimate of drug-likeness (QED) is 0.773. The lowest BCUT2D eigenvalue weighted by Crippen LogP contribution is -2.43. The summed E-state index contributed by atoms with van der Waals surface area (Å²) in [5.41, 5.74) is 0. The Morgan fingerprint density at radius 1 is 1.44 bits per heavy atom. The van der Waals surface area contributed by atoms with Crippen molar-refractivity contribution in [2.45, 2.75) is 39.7 Å². The van der Waals surface area contributed by atoms with Gasteiger partial charge in [0.1, 0.15) is 0 Å². The maximum absolute atomic E-state index is 8.91. The van der Waals surface area contributed by atoms with Gasteiger partial charge in [0, 0.05) is 6.54 Å². The molecule has 1 aliphatic heterocycles. The van der Waals surface area contributed by atoms with E-state index in [1.165, 1.54) is 12.8 Å². The smallest absolute Gasteiger partial charge is 0.0949 e. The summed E-state index contributed by atoms with van der Waals surface area (Å²) in [6.45, 7) is 10.9. The van der Waals surface area contributed by atoms with E-state index >= 15 is 0 Å². The zero-order valence-corrected chi connectivity index (χ0v) is 10.9. The fraction of sp³-hybridized carbons (Fsp3) is 0.923. The Balaban J connectivity index is 2.25. The highest BCUT2D eigenvalue weighted by Crippen LogP contribution is 2.17. The number of likely N-dealkylation sites (tertiary alicyclic amines) is 1. The first-order valence-electron chi connectivity index (χ1n) is 6.48. The van der Waals surface area contributed by atoms with Gasteiger partial charge in [0.25, 0.3) is 0 Å². The van der Waals surface area contributed by atoms with Gasteiger partial charge in [-0.05, 0) is 51.2 Å². The van der Waals surface area contributed by atoms with Crippen molar-refractivity contribution in [3.63, 3.8) is 0 Å². The fourth-order valence-corrected chi connectivity index (χ4v) is 2.27. The van der Waals surface area contributed by atoms with Crippen LogP contribution in [0.15, 0.2) is 0 Å². The van der Waals surface area contributed by atoms with Crippen molar-refractivity contribution in [2.24, 2.45) is 11.8 Å². The molecule has 1 heterocycles. The van der Waals surface area contributed by atoms with Gasteiger partial charge >= 0.3 is 0 Å². The summed E-state index contributed by atoms with van der Waals surface area (Å²) in [4.78, 5) is 2.31. The van der Waals surface area contributed by atoms with E-state index in [2.05, 4.69) is 30.1 Å². The van der Waals surface area contributed by atoms with E-state index in [9.17, 15) is 0 Å². The van der Waals surface area contributed by atoms with Crippen molar-refractivity contribution >= 4 is 0 Å². The summed E-state index contributed by atoms with van der Waals surface area (Å²) >= 11 is 0. The maximum atomic E-state index is 8.91. The van der Waals surface area contributed by atoms with E-state index in [-0.39, 0.29) is 6.04 Å². The Kier molecular flexibility index (Phi) is 5.79. The third-order valence-electron chi connectivity index (χ3n) is 3.27. The molecule has 3 nitrogen and oxygen atoms in total. The predicted octanol–water partition coefficient (Wildman–Crippen LogP) is 1.86. The Labute approximate surface area is 99.8 Å². The number of nitrogens with zero attached hydrogens (tertiary/aromatic N) is 2. The second kappa shape index (κ2) is 6.88. The Hall–Kier alpha value is -0.590. The van der Waals surface area contributed by atoms with Gasteiger partial charge in [-0.25, -0.2) is 0 Å². The largest absolute Gasteiger partial charge is 0.316 e. The summed E-state index contributed by atoms with van der Waals surface area (Å²) in [6.07, 6.45) is 2.54. The summed E-state index contributed by atoms with van der Waals surface area (Å²) < 4.78 is 0. The number of nitrogens with one attached hydrogen (secondary N) is 1. The van der Waals surface area contributed by atoms with Gasteiger partial charge < -0.3 is 5.32 Å². The molecule has 0 bridgehead atoms. The molecule has 1 aliphatic rings. The van der Waals surface area contributed by atoms with Crippen molar-refractivity contribution in [1.82, 2.24) is 10.2 Å². The fourth-order valence-electron chi connectivity index (χ4n) is 2.27. The van der Waals surface area contributed by atoms with Crippen LogP contribution in [0.2, 0.25) is 0 Å². The van der Waals surface area contributed by atoms with Crippen molar-refractivity contribution < 1.29 is 0 Å². The number of nitriles is 1. The third kappa shape index (κ3) is 4.51. The molecule has 0 radical (unpaired) electrons. The monoisotopic (exact) mass is 223 g/mol. The van der Waals surface area contributed by atoms with Crippen molar-refractivity contribution in [3.05, 3.63) is 0 Å². The Morgan fingerprint density at radius 3 is 2.81 bits per heavy atom. The van der Waals surface area contributed by atoms with Gasteiger partial charge in [-0.15, -0.1) is 0 Å². The third-order valence-corrected chi connectivity index (χ3v) is 3.27. The molecular weight excluding hydrogens is 198 g/mol. The van der Waals surface area contributed by atoms with Gasteiger partial charge in [-0.2, -0.15) is 5.26 Å². The number of hydrogen-bond donors (Lipinski definition) is 1. The van der Waals surface area contributed by atoms with E-state index in [0.29, 0.717) is 0 Å². The molecule has 2 unspecified atom stereocenters. The molecule has 0 aromatic heterocycles. The van der Waals surface area contributed by atoms with Gasteiger partial charge in [-0.3, -0.25) is 4.90 Å². The number of hydrogen-bond acceptors (Lipinski definition) is 3. The highest BCUT2D eigenvalue weighted by Gasteiger charge is 2.22. The van der Waals surface area contributed by atoms with Crippen LogP contribution in [0, 0.1) is 23.2 Å². The highest BCUT2D eigenvalue weighted by molar-refractivity contribution is 4.90. The van der Waals surface area contributed by atoms with Gasteiger partial charge in [0.15, 0.2) is 0 Å². The zero-order chi connectivity index (χ0) is 12.0. The molecule has 1 N–H and O–H groups in total. The standard InChI is InChI=1S/C13H25N3/c1-11(2)8-15-9-13-5-4-6-16(10-13)12(3)7-14/h11-13,15H,4-6,8-10H2,1-3H3. The molecular formula is C13H25N3. The van der Waals surface area contributed by atoms with Crippen molar-refractivity contribution in [2.75, 3.05) is 26.2 Å². The molecule has 0 amide bonds. The Morgan fingerprint density at radius 2 is 2.19 bits per heavy atom. The average molecular weight is 223 g/mol. The predicted molar refractivity (Wildman–Crippen MR) is 67.1 cm³/mol. The molecule has 0 aliphatic carbocycles. The minimum atomic E-state index is 0.0768. The molecule has 3 heteroatoms. The normalized spacial score (nSPS) is 24.3. The van der Waals surface area contributed by atoms with E-state index < -0.39 is 0 Å². The van der Waals surface area contributed by atoms with Crippen LogP contribution in [-0.2, 0) is 0 Å². The summed E-state index contributed by atoms with van der Waals surface area (Å²) in [7, 11) is 0. The SMILES string of the molecule is CC(C)CNCC1CCCN(C(C)C#N)C1. The van der Waals surface area contributed by atoms with Crippen LogP contribution in [0.25, 0.3) is 0 Å². The molecule has 1 saturated heterocycles. The van der Waals surface area contributed by atoms with Crippen LogP contribution < -0.4 is 5.32 Å². The van der Waals surface area contributed by atoms with E-state index in [0.717, 1.165) is 38.0 Å². The van der Waals surface area contributed by atoms with Crippen LogP contribution in [0.5, 0.6) is 0 Å². The van der Waals surface area contributed by atoms with Crippen molar-refractivity contribution in [3.8, 4) is 6.07 Å². The highest BCUT2D eigenvalue weighted by atomic mass is 15.2. The van der Waals surface area contributed by atoms with Crippen LogP contribution in [-0.4, -0.2) is 37.1 Å². The first-order valence-corrected chi connectivity index (χ1v) is 6.48. The molecule has 0 saturated carbocycles. The van der Waals surface area contributed by atoms with Crippen LogP contribution in [0.3, 0.4) is 0 Å². The minimum absolute atomic E-state index is 0.0768. The second-order valence-electron chi connectivity index (χ2n) is 5.36. The first-order chi connectivity index (χ1) is 7.63. The van der Waals surface area contributed by atoms with E-state index in [1.807, 2.05) is 6.92 Å². The molecule has 1 fully saturated rings. The summed E-state index contributed by atoms with van der Waals surface area (Å²) in [5.74, 6) is 1.45. The van der Waals surface area contributed by atoms with Gasteiger partial charge in [-0.1, -0.05) is 13.8 Å². The number of piperidine rings is 1. The molecule has 0 aromatic rings. The topological polar surface area (TPSA) is 39.1 Å². The summed E-state index contributed by atoms with van der Waals surface area (Å²) in [6, 6.07) is 2.41. The average Bonchev–Trinajstić information content (AvgIpc) is 2.28. The molecule has 2 atom stereocenters. The minimum Gasteiger partial charge on any atom is -0.316 e. The first kappa shape index (κ1) is 13.5. The van der Waals surface area contributed by atoms with Gasteiger partial charge in [0.05, 0.1) is 12.1 Å². The second-order valence-corrected chi connectivity index (χ2v) is 5.36. The number of rotatable bonds is 5. The Bertz CT molecular complexity index is 232. The van der Waals surface area contributed by atoms with Crippen LogP contribution in [0.1, 0.15) is 33.6 Å². The van der Waals surface area contributed by atoms with Gasteiger partial charge in [0.2, 0.25) is 0 Å². The van der Waals surface area contributed by atoms with Crippen LogP contribution >= 0.6 is 0 Å². The van der Waals surface area contributed by atoms with E-state index in [1.54, 1.807) is 0 Å². The molecule has 16 heavy (non-hydrogen) atoms. The van der Waals surface area contributed by atoms with Crippen molar-refractivity contribution in [1.29, 1.82) is 5.26 Å². The maximum Gasteiger partial charge on any atom is 0.0949 e.